The number of halogens is 2. The van der Waals surface area contributed by atoms with Crippen LogP contribution in [0.2, 0.25) is 0 Å². The summed E-state index contributed by atoms with van der Waals surface area (Å²) in [6.45, 7) is 1.84. The second-order valence-electron chi connectivity index (χ2n) is 7.73. The number of piperazine rings is 1. The maximum atomic E-state index is 13.1. The summed E-state index contributed by atoms with van der Waals surface area (Å²) in [5.41, 5.74) is 2.83. The zero-order valence-electron chi connectivity index (χ0n) is 18.2. The van der Waals surface area contributed by atoms with Crippen molar-refractivity contribution in [3.05, 3.63) is 71.0 Å². The van der Waals surface area contributed by atoms with Crippen LogP contribution in [0.15, 0.2) is 48.5 Å². The van der Waals surface area contributed by atoms with Crippen LogP contribution in [-0.2, 0) is 0 Å². The predicted molar refractivity (Wildman–Crippen MR) is 116 cm³/mol. The van der Waals surface area contributed by atoms with Gasteiger partial charge in [0, 0.05) is 26.2 Å². The number of carbonyl (C=O) groups excluding carboxylic acids is 2. The molecular weight excluding hydrogens is 432 g/mol. The van der Waals surface area contributed by atoms with E-state index in [0.717, 1.165) is 11.3 Å². The molecule has 33 heavy (non-hydrogen) atoms. The third-order valence-corrected chi connectivity index (χ3v) is 5.53. The van der Waals surface area contributed by atoms with Crippen LogP contribution in [0.4, 0.5) is 8.78 Å². The van der Waals surface area contributed by atoms with E-state index in [4.69, 9.17) is 0 Å². The van der Waals surface area contributed by atoms with Crippen molar-refractivity contribution < 1.29 is 23.1 Å². The van der Waals surface area contributed by atoms with Crippen molar-refractivity contribution in [1.29, 1.82) is 0 Å². The van der Waals surface area contributed by atoms with Crippen LogP contribution in [-0.4, -0.2) is 69.4 Å². The smallest absolute Gasteiger partial charge is 0.387 e. The first kappa shape index (κ1) is 22.4. The van der Waals surface area contributed by atoms with Crippen molar-refractivity contribution in [3.8, 4) is 11.4 Å². The van der Waals surface area contributed by atoms with Gasteiger partial charge in [0.1, 0.15) is 5.75 Å². The Hall–Kier alpha value is -3.82. The van der Waals surface area contributed by atoms with E-state index in [1.165, 1.54) is 23.1 Å². The number of hydrogen-bond donors (Lipinski definition) is 0. The third kappa shape index (κ3) is 4.69. The fraction of sp³-hybridized carbons (Fsp3) is 0.304. The molecule has 0 N–H and O–H groups in total. The summed E-state index contributed by atoms with van der Waals surface area (Å²) in [7, 11) is 0. The number of alkyl halides is 2. The lowest BCUT2D eigenvalue weighted by Gasteiger charge is -2.34. The normalized spacial score (nSPS) is 14.0. The lowest BCUT2D eigenvalue weighted by molar-refractivity contribution is -0.0503. The molecule has 0 unspecified atom stereocenters. The molecule has 2 heterocycles. The number of ether oxygens (including phenoxy) is 1. The Morgan fingerprint density at radius 1 is 0.939 bits per heavy atom. The molecule has 0 radical (unpaired) electrons. The van der Waals surface area contributed by atoms with E-state index in [0.29, 0.717) is 18.8 Å². The van der Waals surface area contributed by atoms with Gasteiger partial charge < -0.3 is 14.5 Å². The minimum Gasteiger partial charge on any atom is -0.434 e. The van der Waals surface area contributed by atoms with Gasteiger partial charge in [-0.3, -0.25) is 9.59 Å². The standard InChI is InChI=1S/C23H23F2N5O3/c1-15-6-5-7-17(14-15)30-16(2)20(26-27-30)22(32)29-12-10-28(11-13-29)21(31)18-8-3-4-9-19(18)33-23(24)25/h3-9,14,23H,10-13H2,1-2H3. The van der Waals surface area contributed by atoms with Gasteiger partial charge >= 0.3 is 6.61 Å². The highest BCUT2D eigenvalue weighted by Crippen LogP contribution is 2.23. The molecule has 172 valence electrons. The molecule has 4 rings (SSSR count). The van der Waals surface area contributed by atoms with Crippen LogP contribution in [0.25, 0.3) is 5.69 Å². The summed E-state index contributed by atoms with van der Waals surface area (Å²) in [6.07, 6.45) is 0. The number of rotatable bonds is 5. The van der Waals surface area contributed by atoms with Crippen molar-refractivity contribution in [2.75, 3.05) is 26.2 Å². The monoisotopic (exact) mass is 455 g/mol. The highest BCUT2D eigenvalue weighted by atomic mass is 19.3. The van der Waals surface area contributed by atoms with E-state index in [9.17, 15) is 18.4 Å². The quantitative estimate of drug-likeness (QED) is 0.591. The molecule has 0 spiro atoms. The topological polar surface area (TPSA) is 80.6 Å². The average molecular weight is 455 g/mol. The van der Waals surface area contributed by atoms with Gasteiger partial charge in [-0.1, -0.05) is 29.5 Å². The number of carbonyl (C=O) groups is 2. The predicted octanol–water partition coefficient (Wildman–Crippen LogP) is 3.08. The summed E-state index contributed by atoms with van der Waals surface area (Å²) in [5.74, 6) is -0.848. The van der Waals surface area contributed by atoms with E-state index in [1.807, 2.05) is 31.2 Å². The molecule has 3 aromatic rings. The molecule has 1 fully saturated rings. The zero-order chi connectivity index (χ0) is 23.5. The SMILES string of the molecule is Cc1cccc(-n2nnc(C(=O)N3CCN(C(=O)c4ccccc4OC(F)F)CC3)c2C)c1. The molecule has 1 aliphatic rings. The van der Waals surface area contributed by atoms with Crippen LogP contribution in [0, 0.1) is 13.8 Å². The first-order valence-corrected chi connectivity index (χ1v) is 10.5. The van der Waals surface area contributed by atoms with E-state index >= 15 is 0 Å². The van der Waals surface area contributed by atoms with Crippen molar-refractivity contribution in [3.63, 3.8) is 0 Å². The molecule has 2 aromatic carbocycles. The van der Waals surface area contributed by atoms with Crippen LogP contribution in [0.5, 0.6) is 5.75 Å². The molecule has 1 aliphatic heterocycles. The van der Waals surface area contributed by atoms with Gasteiger partial charge in [-0.05, 0) is 43.7 Å². The Kier molecular flexibility index (Phi) is 6.34. The molecule has 0 bridgehead atoms. The van der Waals surface area contributed by atoms with Crippen molar-refractivity contribution >= 4 is 11.8 Å². The first-order chi connectivity index (χ1) is 15.8. The number of amides is 2. The molecule has 1 aromatic heterocycles. The summed E-state index contributed by atoms with van der Waals surface area (Å²) < 4.78 is 31.4. The number of aromatic nitrogens is 3. The minimum absolute atomic E-state index is 0.0644. The summed E-state index contributed by atoms with van der Waals surface area (Å²) >= 11 is 0. The number of hydrogen-bond acceptors (Lipinski definition) is 5. The molecule has 2 amide bonds. The van der Waals surface area contributed by atoms with Crippen molar-refractivity contribution in [1.82, 2.24) is 24.8 Å². The Balaban J connectivity index is 1.44. The van der Waals surface area contributed by atoms with Crippen molar-refractivity contribution in [2.45, 2.75) is 20.5 Å². The number of benzene rings is 2. The van der Waals surface area contributed by atoms with Gasteiger partial charge in [0.2, 0.25) is 0 Å². The van der Waals surface area contributed by atoms with E-state index in [-0.39, 0.29) is 36.0 Å². The van der Waals surface area contributed by atoms with Gasteiger partial charge in [-0.2, -0.15) is 8.78 Å². The maximum absolute atomic E-state index is 13.1. The second-order valence-corrected chi connectivity index (χ2v) is 7.73. The largest absolute Gasteiger partial charge is 0.434 e. The highest BCUT2D eigenvalue weighted by Gasteiger charge is 2.29. The zero-order valence-corrected chi connectivity index (χ0v) is 18.2. The number of nitrogens with zero attached hydrogens (tertiary/aromatic N) is 5. The van der Waals surface area contributed by atoms with Gasteiger partial charge in [0.15, 0.2) is 5.69 Å². The molecule has 0 saturated carbocycles. The molecule has 1 saturated heterocycles. The number of aryl methyl sites for hydroxylation is 1. The van der Waals surface area contributed by atoms with Crippen LogP contribution >= 0.6 is 0 Å². The maximum Gasteiger partial charge on any atom is 0.387 e. The second kappa shape index (κ2) is 9.35. The Labute approximate surface area is 189 Å². The van der Waals surface area contributed by atoms with E-state index < -0.39 is 12.5 Å². The number of para-hydroxylation sites is 1. The van der Waals surface area contributed by atoms with Crippen LogP contribution < -0.4 is 4.74 Å². The lowest BCUT2D eigenvalue weighted by atomic mass is 10.1. The molecule has 0 aliphatic carbocycles. The fourth-order valence-electron chi connectivity index (χ4n) is 3.81. The Morgan fingerprint density at radius 2 is 1.61 bits per heavy atom. The van der Waals surface area contributed by atoms with Crippen LogP contribution in [0.3, 0.4) is 0 Å². The molecule has 0 atom stereocenters. The highest BCUT2D eigenvalue weighted by molar-refractivity contribution is 5.97. The van der Waals surface area contributed by atoms with E-state index in [1.54, 1.807) is 22.6 Å². The lowest BCUT2D eigenvalue weighted by Crippen LogP contribution is -2.50. The van der Waals surface area contributed by atoms with Crippen molar-refractivity contribution in [2.24, 2.45) is 0 Å². The minimum atomic E-state index is -3.02. The summed E-state index contributed by atoms with van der Waals surface area (Å²) in [4.78, 5) is 29.1. The third-order valence-electron chi connectivity index (χ3n) is 5.53. The van der Waals surface area contributed by atoms with Crippen LogP contribution in [0.1, 0.15) is 32.1 Å². The van der Waals surface area contributed by atoms with Gasteiger partial charge in [0.05, 0.1) is 16.9 Å². The van der Waals surface area contributed by atoms with Gasteiger partial charge in [-0.15, -0.1) is 5.10 Å². The average Bonchev–Trinajstić information content (AvgIpc) is 3.19. The summed E-state index contributed by atoms with van der Waals surface area (Å²) in [5, 5.41) is 8.23. The summed E-state index contributed by atoms with van der Waals surface area (Å²) in [6, 6.07) is 13.6. The molecule has 8 nitrogen and oxygen atoms in total. The molecular formula is C23H23F2N5O3. The first-order valence-electron chi connectivity index (χ1n) is 10.5. The van der Waals surface area contributed by atoms with Gasteiger partial charge in [0.25, 0.3) is 11.8 Å². The Bertz CT molecular complexity index is 1170. The van der Waals surface area contributed by atoms with Gasteiger partial charge in [-0.25, -0.2) is 4.68 Å². The molecule has 10 heteroatoms. The fourth-order valence-corrected chi connectivity index (χ4v) is 3.81. The Morgan fingerprint density at radius 3 is 2.27 bits per heavy atom. The van der Waals surface area contributed by atoms with E-state index in [2.05, 4.69) is 15.0 Å².